The normalized spacial score (nSPS) is 12.5. The molecule has 1 unspecified atom stereocenters. The van der Waals surface area contributed by atoms with Crippen molar-refractivity contribution in [3.63, 3.8) is 0 Å². The molecule has 1 heterocycles. The summed E-state index contributed by atoms with van der Waals surface area (Å²) in [5.41, 5.74) is 1.10. The van der Waals surface area contributed by atoms with Gasteiger partial charge in [0.15, 0.2) is 0 Å². The molecule has 0 spiro atoms. The molecule has 1 aromatic heterocycles. The Kier molecular flexibility index (Phi) is 4.88. The second-order valence-electron chi connectivity index (χ2n) is 3.57. The number of rotatable bonds is 5. The number of nitrogens with one attached hydrogen (secondary N) is 1. The van der Waals surface area contributed by atoms with E-state index >= 15 is 0 Å². The summed E-state index contributed by atoms with van der Waals surface area (Å²) in [5, 5.41) is 3.94. The van der Waals surface area contributed by atoms with Crippen LogP contribution in [0.3, 0.4) is 0 Å². The predicted molar refractivity (Wildman–Crippen MR) is 67.6 cm³/mol. The first-order valence-corrected chi connectivity index (χ1v) is 6.55. The van der Waals surface area contributed by atoms with Crippen molar-refractivity contribution in [3.05, 3.63) is 17.6 Å². The Morgan fingerprint density at radius 3 is 2.80 bits per heavy atom. The van der Waals surface area contributed by atoms with Crippen molar-refractivity contribution in [1.29, 1.82) is 0 Å². The summed E-state index contributed by atoms with van der Waals surface area (Å²) in [6.07, 6.45) is 3.07. The lowest BCUT2D eigenvalue weighted by molar-refractivity contribution is 0.929. The number of nitrogens with zero attached hydrogens (tertiary/aromatic N) is 2. The lowest BCUT2D eigenvalue weighted by Crippen LogP contribution is -2.14. The van der Waals surface area contributed by atoms with E-state index in [0.29, 0.717) is 5.25 Å². The highest BCUT2D eigenvalue weighted by molar-refractivity contribution is 7.99. The summed E-state index contributed by atoms with van der Waals surface area (Å²) in [4.78, 5) is 8.70. The van der Waals surface area contributed by atoms with E-state index < -0.39 is 0 Å². The highest BCUT2D eigenvalue weighted by atomic mass is 32.2. The van der Waals surface area contributed by atoms with Crippen molar-refractivity contribution >= 4 is 17.6 Å². The van der Waals surface area contributed by atoms with Crippen molar-refractivity contribution in [2.45, 2.75) is 32.4 Å². The van der Waals surface area contributed by atoms with E-state index in [4.69, 9.17) is 0 Å². The van der Waals surface area contributed by atoms with Gasteiger partial charge < -0.3 is 5.32 Å². The van der Waals surface area contributed by atoms with Gasteiger partial charge in [0.1, 0.15) is 11.6 Å². The Morgan fingerprint density at radius 1 is 1.47 bits per heavy atom. The number of hydrogen-bond donors (Lipinski definition) is 1. The molecular formula is C11H19N3S. The maximum absolute atomic E-state index is 4.36. The molecular weight excluding hydrogens is 206 g/mol. The summed E-state index contributed by atoms with van der Waals surface area (Å²) >= 11 is 1.85. The maximum Gasteiger partial charge on any atom is 0.129 e. The molecule has 0 aliphatic heterocycles. The minimum absolute atomic E-state index is 0.602. The minimum atomic E-state index is 0.602. The predicted octanol–water partition coefficient (Wildman–Crippen LogP) is 2.51. The zero-order chi connectivity index (χ0) is 11.3. The van der Waals surface area contributed by atoms with E-state index in [-0.39, 0.29) is 0 Å². The van der Waals surface area contributed by atoms with E-state index in [9.17, 15) is 0 Å². The molecule has 84 valence electrons. The van der Waals surface area contributed by atoms with Gasteiger partial charge >= 0.3 is 0 Å². The zero-order valence-electron chi connectivity index (χ0n) is 9.87. The highest BCUT2D eigenvalue weighted by Crippen LogP contribution is 2.10. The van der Waals surface area contributed by atoms with Gasteiger partial charge in [-0.05, 0) is 19.6 Å². The van der Waals surface area contributed by atoms with Gasteiger partial charge in [-0.25, -0.2) is 9.97 Å². The van der Waals surface area contributed by atoms with Gasteiger partial charge in [0.2, 0.25) is 0 Å². The lowest BCUT2D eigenvalue weighted by atomic mass is 10.3. The Morgan fingerprint density at radius 2 is 2.20 bits per heavy atom. The van der Waals surface area contributed by atoms with Crippen LogP contribution in [0.5, 0.6) is 0 Å². The molecule has 0 aromatic carbocycles. The maximum atomic E-state index is 4.36. The standard InChI is InChI=1S/C11H19N3S/c1-5-10-6-11(14-9(3)13-10)12-7-8(2)15-4/h6,8H,5,7H2,1-4H3,(H,12,13,14). The fourth-order valence-corrected chi connectivity index (χ4v) is 1.48. The van der Waals surface area contributed by atoms with Crippen LogP contribution in [0.1, 0.15) is 25.4 Å². The number of thioether (sulfide) groups is 1. The fourth-order valence-electron chi connectivity index (χ4n) is 1.23. The third-order valence-corrected chi connectivity index (χ3v) is 3.20. The van der Waals surface area contributed by atoms with Crippen molar-refractivity contribution in [3.8, 4) is 0 Å². The van der Waals surface area contributed by atoms with Gasteiger partial charge in [-0.1, -0.05) is 13.8 Å². The Bertz CT molecular complexity index is 315. The van der Waals surface area contributed by atoms with Crippen molar-refractivity contribution in [2.24, 2.45) is 0 Å². The fraction of sp³-hybridized carbons (Fsp3) is 0.636. The Hall–Kier alpha value is -0.770. The van der Waals surface area contributed by atoms with Crippen molar-refractivity contribution < 1.29 is 0 Å². The number of hydrogen-bond acceptors (Lipinski definition) is 4. The van der Waals surface area contributed by atoms with Gasteiger partial charge in [-0.2, -0.15) is 11.8 Å². The monoisotopic (exact) mass is 225 g/mol. The quantitative estimate of drug-likeness (QED) is 0.835. The third-order valence-electron chi connectivity index (χ3n) is 2.23. The summed E-state index contributed by atoms with van der Waals surface area (Å²) < 4.78 is 0. The Labute approximate surface area is 96.1 Å². The molecule has 15 heavy (non-hydrogen) atoms. The molecule has 0 saturated carbocycles. The average molecular weight is 225 g/mol. The molecule has 0 aliphatic carbocycles. The third kappa shape index (κ3) is 4.08. The van der Waals surface area contributed by atoms with Gasteiger partial charge in [0, 0.05) is 23.6 Å². The summed E-state index contributed by atoms with van der Waals surface area (Å²) in [7, 11) is 0. The van der Waals surface area contributed by atoms with Crippen LogP contribution in [-0.2, 0) is 6.42 Å². The first kappa shape index (κ1) is 12.3. The van der Waals surface area contributed by atoms with E-state index in [1.807, 2.05) is 24.8 Å². The number of aromatic nitrogens is 2. The molecule has 0 amide bonds. The molecule has 0 aliphatic rings. The average Bonchev–Trinajstić information content (AvgIpc) is 2.25. The molecule has 0 saturated heterocycles. The number of aryl methyl sites for hydroxylation is 2. The van der Waals surface area contributed by atoms with Gasteiger partial charge in [0.25, 0.3) is 0 Å². The zero-order valence-corrected chi connectivity index (χ0v) is 10.7. The molecule has 1 atom stereocenters. The van der Waals surface area contributed by atoms with Crippen LogP contribution in [0.25, 0.3) is 0 Å². The highest BCUT2D eigenvalue weighted by Gasteiger charge is 2.02. The van der Waals surface area contributed by atoms with E-state index in [1.165, 1.54) is 0 Å². The van der Waals surface area contributed by atoms with Crippen molar-refractivity contribution in [2.75, 3.05) is 18.1 Å². The molecule has 1 rings (SSSR count). The molecule has 1 N–H and O–H groups in total. The smallest absolute Gasteiger partial charge is 0.129 e. The van der Waals surface area contributed by atoms with Crippen LogP contribution in [0.15, 0.2) is 6.07 Å². The largest absolute Gasteiger partial charge is 0.369 e. The van der Waals surface area contributed by atoms with Crippen LogP contribution >= 0.6 is 11.8 Å². The van der Waals surface area contributed by atoms with Crippen LogP contribution in [-0.4, -0.2) is 28.0 Å². The summed E-state index contributed by atoms with van der Waals surface area (Å²) in [6.45, 7) is 7.19. The SMILES string of the molecule is CCc1cc(NCC(C)SC)nc(C)n1. The summed E-state index contributed by atoms with van der Waals surface area (Å²) in [5.74, 6) is 1.79. The van der Waals surface area contributed by atoms with Crippen LogP contribution in [0.2, 0.25) is 0 Å². The van der Waals surface area contributed by atoms with E-state index in [2.05, 4.69) is 35.4 Å². The molecule has 0 fully saturated rings. The van der Waals surface area contributed by atoms with E-state index in [1.54, 1.807) is 0 Å². The first-order valence-electron chi connectivity index (χ1n) is 5.27. The van der Waals surface area contributed by atoms with Crippen LogP contribution in [0.4, 0.5) is 5.82 Å². The second kappa shape index (κ2) is 5.95. The number of anilines is 1. The minimum Gasteiger partial charge on any atom is -0.369 e. The van der Waals surface area contributed by atoms with Crippen LogP contribution < -0.4 is 5.32 Å². The lowest BCUT2D eigenvalue weighted by Gasteiger charge is -2.11. The van der Waals surface area contributed by atoms with Gasteiger partial charge in [0.05, 0.1) is 0 Å². The van der Waals surface area contributed by atoms with E-state index in [0.717, 1.165) is 30.3 Å². The van der Waals surface area contributed by atoms with Gasteiger partial charge in [-0.3, -0.25) is 0 Å². The molecule has 1 aromatic rings. The first-order chi connectivity index (χ1) is 7.15. The molecule has 0 radical (unpaired) electrons. The Balaban J connectivity index is 2.64. The van der Waals surface area contributed by atoms with Gasteiger partial charge in [-0.15, -0.1) is 0 Å². The molecule has 0 bridgehead atoms. The van der Waals surface area contributed by atoms with Crippen molar-refractivity contribution in [1.82, 2.24) is 9.97 Å². The molecule has 3 nitrogen and oxygen atoms in total. The molecule has 4 heteroatoms. The van der Waals surface area contributed by atoms with Crippen LogP contribution in [0, 0.1) is 6.92 Å². The topological polar surface area (TPSA) is 37.8 Å². The second-order valence-corrected chi connectivity index (χ2v) is 4.85. The summed E-state index contributed by atoms with van der Waals surface area (Å²) in [6, 6.07) is 2.03.